The molecule has 0 heterocycles. The predicted octanol–water partition coefficient (Wildman–Crippen LogP) is 5.46. The third-order valence-electron chi connectivity index (χ3n) is 9.66. The number of benzene rings is 2. The van der Waals surface area contributed by atoms with E-state index >= 15 is 0 Å². The van der Waals surface area contributed by atoms with Gasteiger partial charge in [0.25, 0.3) is 0 Å². The van der Waals surface area contributed by atoms with Gasteiger partial charge in [-0.2, -0.15) is 0 Å². The smallest absolute Gasteiger partial charge is 0.238 e. The molecule has 3 aliphatic carbocycles. The fourth-order valence-corrected chi connectivity index (χ4v) is 8.16. The van der Waals surface area contributed by atoms with Crippen LogP contribution >= 0.6 is 0 Å². The molecule has 0 radical (unpaired) electrons. The Morgan fingerprint density at radius 3 is 2.38 bits per heavy atom. The number of hydrogen-bond acceptors (Lipinski definition) is 3. The maximum Gasteiger partial charge on any atom is 0.238 e. The van der Waals surface area contributed by atoms with Crippen LogP contribution in [0.25, 0.3) is 0 Å². The van der Waals surface area contributed by atoms with Crippen molar-refractivity contribution in [3.8, 4) is 0 Å². The lowest BCUT2D eigenvalue weighted by molar-refractivity contribution is -0.102. The molecule has 0 saturated heterocycles. The second-order valence-electron chi connectivity index (χ2n) is 12.5. The fraction of sp³-hybridized carbons (Fsp3) is 0.586. The second-order valence-corrected chi connectivity index (χ2v) is 14.0. The molecule has 4 nitrogen and oxygen atoms in total. The summed E-state index contributed by atoms with van der Waals surface area (Å²) in [6.07, 6.45) is 6.64. The Morgan fingerprint density at radius 2 is 1.74 bits per heavy atom. The number of aryl methyl sites for hydroxylation is 1. The molecule has 2 aromatic carbocycles. The topological polar surface area (TPSA) is 80.4 Å². The van der Waals surface area contributed by atoms with E-state index in [0.29, 0.717) is 17.8 Å². The SMILES string of the molecule is CC(C)(C)c1ccc(C[C@]2(O)CCC3C4CCc5cc(S(N)(=O)=O)ccc5C4CC[C@@]32C)cc1. The van der Waals surface area contributed by atoms with Gasteiger partial charge in [0.15, 0.2) is 0 Å². The van der Waals surface area contributed by atoms with Crippen LogP contribution in [0.3, 0.4) is 0 Å². The van der Waals surface area contributed by atoms with Gasteiger partial charge in [0.05, 0.1) is 10.5 Å². The summed E-state index contributed by atoms with van der Waals surface area (Å²) < 4.78 is 23.7. The molecular weight excluding hydrogens is 442 g/mol. The lowest BCUT2D eigenvalue weighted by atomic mass is 9.53. The van der Waals surface area contributed by atoms with E-state index < -0.39 is 15.6 Å². The Morgan fingerprint density at radius 1 is 1.03 bits per heavy atom. The van der Waals surface area contributed by atoms with Gasteiger partial charge in [0, 0.05) is 6.42 Å². The van der Waals surface area contributed by atoms with Crippen molar-refractivity contribution in [3.05, 3.63) is 64.7 Å². The summed E-state index contributed by atoms with van der Waals surface area (Å²) in [5, 5.41) is 17.4. The van der Waals surface area contributed by atoms with Gasteiger partial charge < -0.3 is 5.11 Å². The Hall–Kier alpha value is -1.69. The molecule has 5 heteroatoms. The molecule has 3 N–H and O–H groups in total. The van der Waals surface area contributed by atoms with Crippen molar-refractivity contribution in [2.45, 2.75) is 94.5 Å². The first-order chi connectivity index (χ1) is 15.8. The molecule has 5 atom stereocenters. The van der Waals surface area contributed by atoms with Crippen molar-refractivity contribution in [1.82, 2.24) is 0 Å². The summed E-state index contributed by atoms with van der Waals surface area (Å²) in [5.41, 5.74) is 4.36. The van der Waals surface area contributed by atoms with Gasteiger partial charge >= 0.3 is 0 Å². The first-order valence-electron chi connectivity index (χ1n) is 12.8. The molecular formula is C29H39NO3S. The molecule has 0 aliphatic heterocycles. The number of nitrogens with two attached hydrogens (primary N) is 1. The van der Waals surface area contributed by atoms with Crippen LogP contribution in [0.15, 0.2) is 47.4 Å². The van der Waals surface area contributed by atoms with E-state index in [4.69, 9.17) is 5.14 Å². The highest BCUT2D eigenvalue weighted by atomic mass is 32.2. The van der Waals surface area contributed by atoms with E-state index in [1.807, 2.05) is 6.07 Å². The zero-order valence-corrected chi connectivity index (χ0v) is 21.8. The third kappa shape index (κ3) is 3.84. The Kier molecular flexibility index (Phi) is 5.59. The summed E-state index contributed by atoms with van der Waals surface area (Å²) in [7, 11) is -3.68. The number of sulfonamides is 1. The van der Waals surface area contributed by atoms with Crippen molar-refractivity contribution < 1.29 is 13.5 Å². The molecule has 3 aliphatic rings. The van der Waals surface area contributed by atoms with Gasteiger partial charge in [-0.25, -0.2) is 13.6 Å². The lowest BCUT2D eigenvalue weighted by Crippen LogP contribution is -2.51. The first-order valence-corrected chi connectivity index (χ1v) is 14.3. The third-order valence-corrected chi connectivity index (χ3v) is 10.6. The molecule has 3 unspecified atom stereocenters. The summed E-state index contributed by atoms with van der Waals surface area (Å²) in [5.74, 6) is 1.49. The number of primary sulfonamides is 1. The standard InChI is InChI=1S/C29H39NO3S/c1-27(2,3)21-8-5-19(6-9-21)18-29(31)16-14-26-25-11-7-20-17-22(34(30,32)33)10-12-23(20)24(25)13-15-28(26,29)4/h5-6,8-10,12,17,24-26,31H,7,11,13-16,18H2,1-4H3,(H2,30,32,33)/t24?,25?,26?,28-,29+/m0/s1. The van der Waals surface area contributed by atoms with Crippen molar-refractivity contribution in [1.29, 1.82) is 0 Å². The average Bonchev–Trinajstić information content (AvgIpc) is 3.03. The van der Waals surface area contributed by atoms with Crippen molar-refractivity contribution in [2.75, 3.05) is 0 Å². The quantitative estimate of drug-likeness (QED) is 0.611. The van der Waals surface area contributed by atoms with Crippen LogP contribution in [0, 0.1) is 17.3 Å². The summed E-state index contributed by atoms with van der Waals surface area (Å²) in [4.78, 5) is 0.220. The largest absolute Gasteiger partial charge is 0.389 e. The van der Waals surface area contributed by atoms with Crippen molar-refractivity contribution >= 4 is 10.0 Å². The van der Waals surface area contributed by atoms with Gasteiger partial charge in [-0.05, 0) is 101 Å². The van der Waals surface area contributed by atoms with Crippen LogP contribution in [0.1, 0.15) is 88.0 Å². The molecule has 34 heavy (non-hydrogen) atoms. The van der Waals surface area contributed by atoms with Crippen LogP contribution in [0.4, 0.5) is 0 Å². The van der Waals surface area contributed by atoms with Crippen LogP contribution < -0.4 is 5.14 Å². The molecule has 2 aromatic rings. The summed E-state index contributed by atoms with van der Waals surface area (Å²) >= 11 is 0. The Labute approximate surface area is 205 Å². The minimum atomic E-state index is -3.68. The summed E-state index contributed by atoms with van der Waals surface area (Å²) in [6.45, 7) is 9.03. The normalized spacial score (nSPS) is 33.2. The maximum absolute atomic E-state index is 12.1. The highest BCUT2D eigenvalue weighted by molar-refractivity contribution is 7.89. The highest BCUT2D eigenvalue weighted by Gasteiger charge is 2.61. The van der Waals surface area contributed by atoms with E-state index in [2.05, 4.69) is 52.0 Å². The Balaban J connectivity index is 1.39. The fourth-order valence-electron chi connectivity index (χ4n) is 7.60. The zero-order valence-electron chi connectivity index (χ0n) is 21.0. The minimum absolute atomic E-state index is 0.0884. The molecule has 184 valence electrons. The summed E-state index contributed by atoms with van der Waals surface area (Å²) in [6, 6.07) is 14.3. The molecule has 0 spiro atoms. The lowest BCUT2D eigenvalue weighted by Gasteiger charge is -2.53. The van der Waals surface area contributed by atoms with Gasteiger partial charge in [0.2, 0.25) is 10.0 Å². The molecule has 5 rings (SSSR count). The van der Waals surface area contributed by atoms with Gasteiger partial charge in [0.1, 0.15) is 0 Å². The predicted molar refractivity (Wildman–Crippen MR) is 136 cm³/mol. The average molecular weight is 482 g/mol. The van der Waals surface area contributed by atoms with Gasteiger partial charge in [-0.15, -0.1) is 0 Å². The van der Waals surface area contributed by atoms with Crippen molar-refractivity contribution in [2.24, 2.45) is 22.4 Å². The first kappa shape index (κ1) is 24.0. The van der Waals surface area contributed by atoms with Crippen LogP contribution in [0.5, 0.6) is 0 Å². The van der Waals surface area contributed by atoms with E-state index in [0.717, 1.165) is 50.5 Å². The zero-order chi connectivity index (χ0) is 24.5. The highest BCUT2D eigenvalue weighted by Crippen LogP contribution is 2.64. The molecule has 0 aromatic heterocycles. The number of aliphatic hydroxyl groups is 1. The van der Waals surface area contributed by atoms with Crippen LogP contribution in [-0.2, 0) is 28.3 Å². The van der Waals surface area contributed by atoms with Crippen molar-refractivity contribution in [3.63, 3.8) is 0 Å². The number of hydrogen-bond donors (Lipinski definition) is 2. The van der Waals surface area contributed by atoms with Crippen LogP contribution in [-0.4, -0.2) is 19.1 Å². The monoisotopic (exact) mass is 481 g/mol. The van der Waals surface area contributed by atoms with E-state index in [9.17, 15) is 13.5 Å². The molecule has 0 amide bonds. The molecule has 2 saturated carbocycles. The van der Waals surface area contributed by atoms with E-state index in [1.165, 1.54) is 16.7 Å². The second kappa shape index (κ2) is 7.91. The number of rotatable bonds is 3. The maximum atomic E-state index is 12.1. The van der Waals surface area contributed by atoms with E-state index in [1.54, 1.807) is 12.1 Å². The number of fused-ring (bicyclic) bond motifs is 5. The van der Waals surface area contributed by atoms with E-state index in [-0.39, 0.29) is 15.7 Å². The minimum Gasteiger partial charge on any atom is -0.389 e. The molecule has 0 bridgehead atoms. The molecule has 2 fully saturated rings. The van der Waals surface area contributed by atoms with Gasteiger partial charge in [-0.3, -0.25) is 0 Å². The van der Waals surface area contributed by atoms with Crippen LogP contribution in [0.2, 0.25) is 0 Å². The Bertz CT molecular complexity index is 1200. The van der Waals surface area contributed by atoms with Gasteiger partial charge in [-0.1, -0.05) is 58.0 Å².